The van der Waals surface area contributed by atoms with E-state index >= 15 is 0 Å². The predicted octanol–water partition coefficient (Wildman–Crippen LogP) is 2.71. The summed E-state index contributed by atoms with van der Waals surface area (Å²) in [5.41, 5.74) is 1.28. The minimum absolute atomic E-state index is 0.172. The number of ether oxygens (including phenoxy) is 1. The van der Waals surface area contributed by atoms with Crippen LogP contribution in [0.5, 0.6) is 0 Å². The molecule has 1 N–H and O–H groups in total. The second-order valence-corrected chi connectivity index (χ2v) is 5.60. The Morgan fingerprint density at radius 2 is 2.11 bits per heavy atom. The molecule has 3 nitrogen and oxygen atoms in total. The van der Waals surface area contributed by atoms with Gasteiger partial charge in [0.05, 0.1) is 6.61 Å². The molecule has 0 bridgehead atoms. The molecule has 2 atom stereocenters. The van der Waals surface area contributed by atoms with Gasteiger partial charge >= 0.3 is 0 Å². The number of hydrogen-bond acceptors (Lipinski definition) is 2. The van der Waals surface area contributed by atoms with Crippen molar-refractivity contribution in [3.63, 3.8) is 0 Å². The van der Waals surface area contributed by atoms with E-state index in [1.165, 1.54) is 5.56 Å². The standard InChI is InChI=1S/C15H20BrNO2/c16-7-10-19-9-4-8-17-15(18)14-11-13(14)12-5-2-1-3-6-12/h1-3,5-6,13-14H,4,7-11H2,(H,17,18). The highest BCUT2D eigenvalue weighted by Crippen LogP contribution is 2.47. The van der Waals surface area contributed by atoms with E-state index in [0.29, 0.717) is 19.1 Å². The lowest BCUT2D eigenvalue weighted by Crippen LogP contribution is -2.27. The van der Waals surface area contributed by atoms with Crippen molar-refractivity contribution in [2.75, 3.05) is 25.1 Å². The number of benzene rings is 1. The summed E-state index contributed by atoms with van der Waals surface area (Å²) in [4.78, 5) is 11.9. The first-order chi connectivity index (χ1) is 9.33. The molecule has 1 aromatic carbocycles. The minimum Gasteiger partial charge on any atom is -0.381 e. The van der Waals surface area contributed by atoms with Crippen LogP contribution in [-0.2, 0) is 9.53 Å². The molecule has 0 saturated heterocycles. The lowest BCUT2D eigenvalue weighted by molar-refractivity contribution is -0.122. The van der Waals surface area contributed by atoms with Gasteiger partial charge < -0.3 is 10.1 Å². The first-order valence-corrected chi connectivity index (χ1v) is 7.91. The number of hydrogen-bond donors (Lipinski definition) is 1. The van der Waals surface area contributed by atoms with Gasteiger partial charge in [0.15, 0.2) is 0 Å². The molecule has 2 unspecified atom stereocenters. The fourth-order valence-corrected chi connectivity index (χ4v) is 2.46. The van der Waals surface area contributed by atoms with Gasteiger partial charge in [0, 0.05) is 24.4 Å². The third-order valence-corrected chi connectivity index (χ3v) is 3.66. The Labute approximate surface area is 122 Å². The van der Waals surface area contributed by atoms with E-state index in [1.807, 2.05) is 18.2 Å². The first-order valence-electron chi connectivity index (χ1n) is 6.79. The van der Waals surface area contributed by atoms with Gasteiger partial charge in [-0.3, -0.25) is 4.79 Å². The number of amides is 1. The van der Waals surface area contributed by atoms with Crippen LogP contribution in [0.1, 0.15) is 24.3 Å². The van der Waals surface area contributed by atoms with Crippen LogP contribution in [-0.4, -0.2) is 31.0 Å². The third kappa shape index (κ3) is 4.62. The fraction of sp³-hybridized carbons (Fsp3) is 0.533. The molecule has 1 aromatic rings. The largest absolute Gasteiger partial charge is 0.381 e. The average molecular weight is 326 g/mol. The van der Waals surface area contributed by atoms with Gasteiger partial charge in [-0.05, 0) is 24.3 Å². The van der Waals surface area contributed by atoms with E-state index in [0.717, 1.165) is 24.8 Å². The van der Waals surface area contributed by atoms with Gasteiger partial charge in [0.1, 0.15) is 0 Å². The number of carbonyl (C=O) groups excluding carboxylic acids is 1. The van der Waals surface area contributed by atoms with Crippen LogP contribution in [0.3, 0.4) is 0 Å². The van der Waals surface area contributed by atoms with E-state index in [-0.39, 0.29) is 11.8 Å². The van der Waals surface area contributed by atoms with Gasteiger partial charge in [-0.25, -0.2) is 0 Å². The molecule has 2 rings (SSSR count). The van der Waals surface area contributed by atoms with Crippen molar-refractivity contribution < 1.29 is 9.53 Å². The lowest BCUT2D eigenvalue weighted by Gasteiger charge is -2.05. The predicted molar refractivity (Wildman–Crippen MR) is 79.5 cm³/mol. The Balaban J connectivity index is 1.61. The monoisotopic (exact) mass is 325 g/mol. The van der Waals surface area contributed by atoms with Gasteiger partial charge in [0.2, 0.25) is 5.91 Å². The molecule has 0 radical (unpaired) electrons. The molecular formula is C15H20BrNO2. The van der Waals surface area contributed by atoms with Crippen molar-refractivity contribution in [2.45, 2.75) is 18.8 Å². The number of nitrogens with one attached hydrogen (secondary N) is 1. The molecule has 4 heteroatoms. The van der Waals surface area contributed by atoms with Crippen LogP contribution < -0.4 is 5.32 Å². The summed E-state index contributed by atoms with van der Waals surface area (Å²) in [6, 6.07) is 10.3. The Bertz CT molecular complexity index is 396. The number of halogens is 1. The Hall–Kier alpha value is -0.870. The van der Waals surface area contributed by atoms with Crippen LogP contribution in [0.4, 0.5) is 0 Å². The molecule has 1 amide bonds. The smallest absolute Gasteiger partial charge is 0.223 e. The number of rotatable bonds is 8. The van der Waals surface area contributed by atoms with Crippen LogP contribution >= 0.6 is 15.9 Å². The van der Waals surface area contributed by atoms with Crippen molar-refractivity contribution in [3.8, 4) is 0 Å². The quantitative estimate of drug-likeness (QED) is 0.589. The van der Waals surface area contributed by atoms with Gasteiger partial charge in [-0.2, -0.15) is 0 Å². The summed E-state index contributed by atoms with van der Waals surface area (Å²) in [5.74, 6) is 0.783. The van der Waals surface area contributed by atoms with E-state index in [4.69, 9.17) is 4.74 Å². The SMILES string of the molecule is O=C(NCCCOCCBr)C1CC1c1ccccc1. The topological polar surface area (TPSA) is 38.3 Å². The van der Waals surface area contributed by atoms with Crippen molar-refractivity contribution in [1.29, 1.82) is 0 Å². The maximum atomic E-state index is 11.9. The molecule has 0 heterocycles. The third-order valence-electron chi connectivity index (χ3n) is 3.34. The molecule has 19 heavy (non-hydrogen) atoms. The summed E-state index contributed by atoms with van der Waals surface area (Å²) in [5, 5.41) is 3.85. The normalized spacial score (nSPS) is 21.1. The molecule has 1 aliphatic carbocycles. The van der Waals surface area contributed by atoms with E-state index in [9.17, 15) is 4.79 Å². The highest BCUT2D eigenvalue weighted by molar-refractivity contribution is 9.09. The molecule has 1 aliphatic rings. The Kier molecular flexibility index (Phi) is 5.86. The second-order valence-electron chi connectivity index (χ2n) is 4.81. The Morgan fingerprint density at radius 1 is 1.32 bits per heavy atom. The lowest BCUT2D eigenvalue weighted by atomic mass is 10.1. The summed E-state index contributed by atoms with van der Waals surface area (Å²) in [6.07, 6.45) is 1.86. The summed E-state index contributed by atoms with van der Waals surface area (Å²) >= 11 is 3.30. The van der Waals surface area contributed by atoms with Crippen LogP contribution in [0, 0.1) is 5.92 Å². The van der Waals surface area contributed by atoms with Crippen molar-refractivity contribution in [1.82, 2.24) is 5.32 Å². The maximum absolute atomic E-state index is 11.9. The second kappa shape index (κ2) is 7.65. The molecule has 1 fully saturated rings. The van der Waals surface area contributed by atoms with E-state index in [2.05, 4.69) is 33.4 Å². The van der Waals surface area contributed by atoms with Gasteiger partial charge in [0.25, 0.3) is 0 Å². The van der Waals surface area contributed by atoms with Crippen LogP contribution in [0.15, 0.2) is 30.3 Å². The highest BCUT2D eigenvalue weighted by Gasteiger charge is 2.43. The molecule has 0 aromatic heterocycles. The number of carbonyl (C=O) groups is 1. The Morgan fingerprint density at radius 3 is 2.84 bits per heavy atom. The zero-order valence-electron chi connectivity index (χ0n) is 11.0. The fourth-order valence-electron chi connectivity index (χ4n) is 2.23. The zero-order valence-corrected chi connectivity index (χ0v) is 12.6. The first kappa shape index (κ1) is 14.5. The van der Waals surface area contributed by atoms with Gasteiger partial charge in [-0.1, -0.05) is 46.3 Å². The molecule has 1 saturated carbocycles. The molecule has 104 valence electrons. The molecular weight excluding hydrogens is 306 g/mol. The van der Waals surface area contributed by atoms with Crippen LogP contribution in [0.25, 0.3) is 0 Å². The van der Waals surface area contributed by atoms with Crippen molar-refractivity contribution >= 4 is 21.8 Å². The average Bonchev–Trinajstić information content (AvgIpc) is 3.24. The number of alkyl halides is 1. The molecule has 0 spiro atoms. The summed E-state index contributed by atoms with van der Waals surface area (Å²) in [7, 11) is 0. The van der Waals surface area contributed by atoms with Gasteiger partial charge in [-0.15, -0.1) is 0 Å². The summed E-state index contributed by atoms with van der Waals surface area (Å²) < 4.78 is 5.33. The van der Waals surface area contributed by atoms with Crippen molar-refractivity contribution in [3.05, 3.63) is 35.9 Å². The molecule has 0 aliphatic heterocycles. The zero-order chi connectivity index (χ0) is 13.5. The highest BCUT2D eigenvalue weighted by atomic mass is 79.9. The minimum atomic E-state index is 0.172. The van der Waals surface area contributed by atoms with Crippen molar-refractivity contribution in [2.24, 2.45) is 5.92 Å². The van der Waals surface area contributed by atoms with E-state index < -0.39 is 0 Å². The van der Waals surface area contributed by atoms with Crippen LogP contribution in [0.2, 0.25) is 0 Å². The maximum Gasteiger partial charge on any atom is 0.223 e. The summed E-state index contributed by atoms with van der Waals surface area (Å²) in [6.45, 7) is 2.14. The van der Waals surface area contributed by atoms with E-state index in [1.54, 1.807) is 0 Å².